The Morgan fingerprint density at radius 2 is 2.19 bits per heavy atom. The average Bonchev–Trinajstić information content (AvgIpc) is 2.48. The number of hydrogen-bond donors (Lipinski definition) is 1. The molecule has 0 aliphatic heterocycles. The third-order valence-corrected chi connectivity index (χ3v) is 3.66. The van der Waals surface area contributed by atoms with E-state index < -0.39 is 5.82 Å². The molecule has 2 aromatic rings. The van der Waals surface area contributed by atoms with Gasteiger partial charge in [0.25, 0.3) is 0 Å². The van der Waals surface area contributed by atoms with Gasteiger partial charge < -0.3 is 10.1 Å². The van der Waals surface area contributed by atoms with Crippen molar-refractivity contribution in [3.8, 4) is 5.75 Å². The summed E-state index contributed by atoms with van der Waals surface area (Å²) >= 11 is 9.00. The number of rotatable bonds is 6. The van der Waals surface area contributed by atoms with Gasteiger partial charge in [-0.2, -0.15) is 0 Å². The Bertz CT molecular complexity index is 625. The Hall–Kier alpha value is -1.33. The summed E-state index contributed by atoms with van der Waals surface area (Å²) < 4.78 is 19.7. The van der Waals surface area contributed by atoms with E-state index in [0.29, 0.717) is 16.8 Å². The van der Waals surface area contributed by atoms with Crippen LogP contribution in [-0.2, 0) is 6.61 Å². The molecular formula is C15H15BrClFN2O. The molecule has 0 saturated carbocycles. The summed E-state index contributed by atoms with van der Waals surface area (Å²) in [5.41, 5.74) is 0.950. The van der Waals surface area contributed by atoms with Crippen LogP contribution in [0.15, 0.2) is 34.9 Å². The highest BCUT2D eigenvalue weighted by Gasteiger charge is 2.08. The molecule has 0 unspecified atom stereocenters. The fourth-order valence-corrected chi connectivity index (χ4v) is 2.44. The van der Waals surface area contributed by atoms with Crippen molar-refractivity contribution >= 4 is 33.3 Å². The number of anilines is 1. The lowest BCUT2D eigenvalue weighted by atomic mass is 10.2. The third-order valence-electron chi connectivity index (χ3n) is 2.75. The van der Waals surface area contributed by atoms with Crippen molar-refractivity contribution in [3.63, 3.8) is 0 Å². The summed E-state index contributed by atoms with van der Waals surface area (Å²) in [5.74, 6) is 0.714. The van der Waals surface area contributed by atoms with Crippen molar-refractivity contribution in [2.75, 3.05) is 11.9 Å². The van der Waals surface area contributed by atoms with Gasteiger partial charge in [0.2, 0.25) is 0 Å². The van der Waals surface area contributed by atoms with Gasteiger partial charge in [0.15, 0.2) is 0 Å². The maximum Gasteiger partial charge on any atom is 0.145 e. The van der Waals surface area contributed by atoms with E-state index in [9.17, 15) is 4.39 Å². The Labute approximate surface area is 136 Å². The highest BCUT2D eigenvalue weighted by atomic mass is 79.9. The largest absolute Gasteiger partial charge is 0.488 e. The lowest BCUT2D eigenvalue weighted by Gasteiger charge is -2.10. The van der Waals surface area contributed by atoms with Gasteiger partial charge in [-0.15, -0.1) is 0 Å². The fourth-order valence-electron chi connectivity index (χ4n) is 1.69. The number of aromatic nitrogens is 1. The van der Waals surface area contributed by atoms with Gasteiger partial charge in [-0.3, -0.25) is 0 Å². The second-order valence-corrected chi connectivity index (χ2v) is 5.72. The van der Waals surface area contributed by atoms with E-state index in [0.717, 1.165) is 24.3 Å². The summed E-state index contributed by atoms with van der Waals surface area (Å²) in [4.78, 5) is 4.22. The topological polar surface area (TPSA) is 34.1 Å². The Morgan fingerprint density at radius 1 is 1.38 bits per heavy atom. The molecule has 0 fully saturated rings. The van der Waals surface area contributed by atoms with Crippen molar-refractivity contribution in [2.45, 2.75) is 20.0 Å². The van der Waals surface area contributed by atoms with Crippen LogP contribution in [0.25, 0.3) is 0 Å². The van der Waals surface area contributed by atoms with Crippen LogP contribution in [0.1, 0.15) is 18.9 Å². The molecule has 0 amide bonds. The van der Waals surface area contributed by atoms with Crippen LogP contribution >= 0.6 is 27.5 Å². The first-order valence-corrected chi connectivity index (χ1v) is 7.73. The van der Waals surface area contributed by atoms with Gasteiger partial charge >= 0.3 is 0 Å². The normalized spacial score (nSPS) is 10.5. The Morgan fingerprint density at radius 3 is 2.95 bits per heavy atom. The van der Waals surface area contributed by atoms with Gasteiger partial charge in [-0.05, 0) is 46.1 Å². The van der Waals surface area contributed by atoms with Gasteiger partial charge in [0, 0.05) is 18.8 Å². The number of ether oxygens (including phenoxy) is 1. The van der Waals surface area contributed by atoms with Gasteiger partial charge in [-0.25, -0.2) is 9.37 Å². The zero-order chi connectivity index (χ0) is 15.2. The van der Waals surface area contributed by atoms with Crippen LogP contribution in [-0.4, -0.2) is 11.5 Å². The molecule has 112 valence electrons. The number of nitrogens with one attached hydrogen (secondary N) is 1. The second-order valence-electron chi connectivity index (χ2n) is 4.46. The van der Waals surface area contributed by atoms with E-state index in [1.165, 1.54) is 12.1 Å². The predicted octanol–water partition coefficient (Wildman–Crippen LogP) is 5.04. The quantitative estimate of drug-likeness (QED) is 0.721. The van der Waals surface area contributed by atoms with Crippen molar-refractivity contribution in [2.24, 2.45) is 0 Å². The molecule has 6 heteroatoms. The van der Waals surface area contributed by atoms with Crippen molar-refractivity contribution < 1.29 is 9.13 Å². The summed E-state index contributed by atoms with van der Waals surface area (Å²) in [6, 6.07) is 6.52. The first-order valence-electron chi connectivity index (χ1n) is 6.56. The summed E-state index contributed by atoms with van der Waals surface area (Å²) in [6.07, 6.45) is 2.74. The van der Waals surface area contributed by atoms with Gasteiger partial charge in [0.05, 0.1) is 9.50 Å². The molecular weight excluding hydrogens is 359 g/mol. The molecule has 1 aromatic carbocycles. The fraction of sp³-hybridized carbons (Fsp3) is 0.267. The minimum absolute atomic E-state index is 0.0594. The third kappa shape index (κ3) is 4.58. The molecule has 1 aromatic heterocycles. The molecule has 3 nitrogen and oxygen atoms in total. The summed E-state index contributed by atoms with van der Waals surface area (Å²) in [7, 11) is 0. The molecule has 0 spiro atoms. The van der Waals surface area contributed by atoms with Crippen LogP contribution in [0.4, 0.5) is 10.2 Å². The molecule has 0 aliphatic carbocycles. The highest BCUT2D eigenvalue weighted by molar-refractivity contribution is 9.10. The predicted molar refractivity (Wildman–Crippen MR) is 86.5 cm³/mol. The van der Waals surface area contributed by atoms with E-state index in [2.05, 4.69) is 33.2 Å². The van der Waals surface area contributed by atoms with Crippen LogP contribution in [0.3, 0.4) is 0 Å². The Balaban J connectivity index is 2.04. The summed E-state index contributed by atoms with van der Waals surface area (Å²) in [5, 5.41) is 3.27. The number of benzene rings is 1. The first kappa shape index (κ1) is 16.0. The van der Waals surface area contributed by atoms with Gasteiger partial charge in [-0.1, -0.05) is 18.5 Å². The smallest absolute Gasteiger partial charge is 0.145 e. The SMILES string of the molecule is CCCNc1cc(COc2cc(F)c(Cl)cc2Br)ccn1. The van der Waals surface area contributed by atoms with Crippen LogP contribution in [0.5, 0.6) is 5.75 Å². The molecule has 0 radical (unpaired) electrons. The van der Waals surface area contributed by atoms with E-state index >= 15 is 0 Å². The molecule has 21 heavy (non-hydrogen) atoms. The van der Waals surface area contributed by atoms with E-state index in [1.54, 1.807) is 6.20 Å². The maximum atomic E-state index is 13.4. The van der Waals surface area contributed by atoms with E-state index in [1.807, 2.05) is 12.1 Å². The second kappa shape index (κ2) is 7.61. The zero-order valence-electron chi connectivity index (χ0n) is 11.5. The maximum absolute atomic E-state index is 13.4. The van der Waals surface area contributed by atoms with Crippen molar-refractivity contribution in [3.05, 3.63) is 51.3 Å². The summed E-state index contributed by atoms with van der Waals surface area (Å²) in [6.45, 7) is 3.28. The van der Waals surface area contributed by atoms with Crippen LogP contribution < -0.4 is 10.1 Å². The van der Waals surface area contributed by atoms with Crippen LogP contribution in [0.2, 0.25) is 5.02 Å². The number of pyridine rings is 1. The molecule has 1 heterocycles. The van der Waals surface area contributed by atoms with Crippen molar-refractivity contribution in [1.29, 1.82) is 0 Å². The number of halogens is 3. The molecule has 1 N–H and O–H groups in total. The minimum Gasteiger partial charge on any atom is -0.488 e. The molecule has 0 saturated heterocycles. The number of nitrogens with zero attached hydrogens (tertiary/aromatic N) is 1. The van der Waals surface area contributed by atoms with E-state index in [-0.39, 0.29) is 5.02 Å². The molecule has 2 rings (SSSR count). The molecule has 0 bridgehead atoms. The standard InChI is InChI=1S/C15H15BrClFN2O/c1-2-4-19-15-6-10(3-5-20-15)9-21-14-8-13(18)12(17)7-11(14)16/h3,5-8H,2,4,9H2,1H3,(H,19,20). The zero-order valence-corrected chi connectivity index (χ0v) is 13.8. The molecule has 0 atom stereocenters. The van der Waals surface area contributed by atoms with Gasteiger partial charge in [0.1, 0.15) is 24.0 Å². The lowest BCUT2D eigenvalue weighted by molar-refractivity contribution is 0.302. The van der Waals surface area contributed by atoms with Crippen molar-refractivity contribution in [1.82, 2.24) is 4.98 Å². The minimum atomic E-state index is -0.505. The van der Waals surface area contributed by atoms with Crippen LogP contribution in [0, 0.1) is 5.82 Å². The first-order chi connectivity index (χ1) is 10.1. The Kier molecular flexibility index (Phi) is 5.82. The lowest BCUT2D eigenvalue weighted by Crippen LogP contribution is -2.03. The average molecular weight is 374 g/mol. The highest BCUT2D eigenvalue weighted by Crippen LogP contribution is 2.31. The van der Waals surface area contributed by atoms with E-state index in [4.69, 9.17) is 16.3 Å². The monoisotopic (exact) mass is 372 g/mol. The molecule has 0 aliphatic rings. The number of hydrogen-bond acceptors (Lipinski definition) is 3.